The molecule has 1 aromatic carbocycles. The van der Waals surface area contributed by atoms with E-state index in [1.54, 1.807) is 18.1 Å². The Labute approximate surface area is 120 Å². The second-order valence-corrected chi connectivity index (χ2v) is 5.05. The van der Waals surface area contributed by atoms with Crippen LogP contribution in [0.4, 0.5) is 4.39 Å². The van der Waals surface area contributed by atoms with Gasteiger partial charge in [0.15, 0.2) is 0 Å². The minimum atomic E-state index is -0.902. The van der Waals surface area contributed by atoms with E-state index in [1.165, 1.54) is 12.1 Å². The lowest BCUT2D eigenvalue weighted by Gasteiger charge is -2.28. The summed E-state index contributed by atoms with van der Waals surface area (Å²) in [5, 5.41) is 8.94. The number of methoxy groups -OCH3 is 1. The third-order valence-electron chi connectivity index (χ3n) is 2.88. The Kier molecular flexibility index (Phi) is 6.41. The number of carbonyl (C=O) groups is 1. The zero-order valence-electron chi connectivity index (χ0n) is 10.9. The molecule has 0 heterocycles. The summed E-state index contributed by atoms with van der Waals surface area (Å²) in [5.74, 6) is -1.23. The first-order valence-electron chi connectivity index (χ1n) is 5.85. The highest BCUT2D eigenvalue weighted by Gasteiger charge is 2.20. The van der Waals surface area contributed by atoms with Crippen LogP contribution >= 0.6 is 15.9 Å². The highest BCUT2D eigenvalue weighted by Crippen LogP contribution is 2.28. The highest BCUT2D eigenvalue weighted by atomic mass is 79.9. The van der Waals surface area contributed by atoms with Crippen molar-refractivity contribution in [2.75, 3.05) is 26.8 Å². The number of rotatable bonds is 7. The first kappa shape index (κ1) is 16.1. The summed E-state index contributed by atoms with van der Waals surface area (Å²) in [4.78, 5) is 12.7. The van der Waals surface area contributed by atoms with Gasteiger partial charge in [-0.1, -0.05) is 22.0 Å². The molecule has 1 rings (SSSR count). The van der Waals surface area contributed by atoms with Gasteiger partial charge >= 0.3 is 5.97 Å². The monoisotopic (exact) mass is 333 g/mol. The third-order valence-corrected chi connectivity index (χ3v) is 3.57. The largest absolute Gasteiger partial charge is 0.480 e. The number of halogens is 2. The first-order valence-corrected chi connectivity index (χ1v) is 6.64. The average Bonchev–Trinajstić information content (AvgIpc) is 2.33. The normalized spacial score (nSPS) is 12.7. The van der Waals surface area contributed by atoms with Crippen LogP contribution in [0.1, 0.15) is 18.5 Å². The van der Waals surface area contributed by atoms with Gasteiger partial charge < -0.3 is 9.84 Å². The summed E-state index contributed by atoms with van der Waals surface area (Å²) >= 11 is 3.31. The number of carboxylic acid groups (broad SMARTS) is 1. The number of benzene rings is 1. The Bertz CT molecular complexity index is 442. The number of carboxylic acids is 1. The van der Waals surface area contributed by atoms with E-state index in [2.05, 4.69) is 15.9 Å². The minimum Gasteiger partial charge on any atom is -0.480 e. The predicted octanol–water partition coefficient (Wildman–Crippen LogP) is 2.68. The standard InChI is InChI=1S/C13H17BrFNO3/c1-9(11-4-3-10(15)7-12(11)14)16(5-6-19-2)8-13(17)18/h3-4,7,9H,5-6,8H2,1-2H3,(H,17,18). The number of hydrogen-bond donors (Lipinski definition) is 1. The Morgan fingerprint density at radius 2 is 2.26 bits per heavy atom. The number of nitrogens with zero attached hydrogens (tertiary/aromatic N) is 1. The Morgan fingerprint density at radius 1 is 1.58 bits per heavy atom. The maximum atomic E-state index is 13.1. The van der Waals surface area contributed by atoms with Gasteiger partial charge in [-0.05, 0) is 24.6 Å². The second-order valence-electron chi connectivity index (χ2n) is 4.20. The molecule has 0 saturated heterocycles. The van der Waals surface area contributed by atoms with Crippen molar-refractivity contribution < 1.29 is 19.0 Å². The van der Waals surface area contributed by atoms with E-state index in [0.717, 1.165) is 5.56 Å². The van der Waals surface area contributed by atoms with Crippen LogP contribution in [0.5, 0.6) is 0 Å². The third kappa shape index (κ3) is 4.89. The number of ether oxygens (including phenoxy) is 1. The predicted molar refractivity (Wildman–Crippen MR) is 73.6 cm³/mol. The van der Waals surface area contributed by atoms with Crippen molar-refractivity contribution >= 4 is 21.9 Å². The molecule has 0 fully saturated rings. The van der Waals surface area contributed by atoms with Crippen molar-refractivity contribution in [3.63, 3.8) is 0 Å². The molecular weight excluding hydrogens is 317 g/mol. The molecular formula is C13H17BrFNO3. The van der Waals surface area contributed by atoms with E-state index >= 15 is 0 Å². The van der Waals surface area contributed by atoms with E-state index in [4.69, 9.17) is 9.84 Å². The van der Waals surface area contributed by atoms with Gasteiger partial charge in [0.1, 0.15) is 5.82 Å². The van der Waals surface area contributed by atoms with Crippen LogP contribution in [0.3, 0.4) is 0 Å². The van der Waals surface area contributed by atoms with Crippen molar-refractivity contribution in [1.29, 1.82) is 0 Å². The maximum absolute atomic E-state index is 13.1. The Hall–Kier alpha value is -0.980. The SMILES string of the molecule is COCCN(CC(=O)O)C(C)c1ccc(F)cc1Br. The lowest BCUT2D eigenvalue weighted by Crippen LogP contribution is -2.35. The molecule has 0 amide bonds. The molecule has 0 bridgehead atoms. The van der Waals surface area contributed by atoms with Gasteiger partial charge in [-0.25, -0.2) is 4.39 Å². The summed E-state index contributed by atoms with van der Waals surface area (Å²) in [6.07, 6.45) is 0. The topological polar surface area (TPSA) is 49.8 Å². The Balaban J connectivity index is 2.90. The van der Waals surface area contributed by atoms with E-state index in [9.17, 15) is 9.18 Å². The molecule has 0 aliphatic rings. The average molecular weight is 334 g/mol. The molecule has 106 valence electrons. The highest BCUT2D eigenvalue weighted by molar-refractivity contribution is 9.10. The molecule has 6 heteroatoms. The molecule has 0 aromatic heterocycles. The summed E-state index contributed by atoms with van der Waals surface area (Å²) in [6, 6.07) is 4.25. The molecule has 0 radical (unpaired) electrons. The van der Waals surface area contributed by atoms with E-state index in [-0.39, 0.29) is 18.4 Å². The molecule has 0 saturated carbocycles. The van der Waals surface area contributed by atoms with Gasteiger partial charge in [0.2, 0.25) is 0 Å². The van der Waals surface area contributed by atoms with Gasteiger partial charge in [-0.3, -0.25) is 9.69 Å². The minimum absolute atomic E-state index is 0.0889. The first-order chi connectivity index (χ1) is 8.95. The van der Waals surface area contributed by atoms with Gasteiger partial charge in [-0.2, -0.15) is 0 Å². The van der Waals surface area contributed by atoms with Crippen LogP contribution in [-0.4, -0.2) is 42.8 Å². The van der Waals surface area contributed by atoms with E-state index < -0.39 is 5.97 Å². The Morgan fingerprint density at radius 3 is 2.79 bits per heavy atom. The maximum Gasteiger partial charge on any atom is 0.317 e. The van der Waals surface area contributed by atoms with Gasteiger partial charge in [0.25, 0.3) is 0 Å². The van der Waals surface area contributed by atoms with E-state index in [1.807, 2.05) is 6.92 Å². The lowest BCUT2D eigenvalue weighted by atomic mass is 10.1. The molecule has 4 nitrogen and oxygen atoms in total. The zero-order valence-corrected chi connectivity index (χ0v) is 12.5. The quantitative estimate of drug-likeness (QED) is 0.833. The summed E-state index contributed by atoms with van der Waals surface area (Å²) < 4.78 is 18.7. The van der Waals surface area contributed by atoms with Gasteiger partial charge in [0.05, 0.1) is 13.2 Å². The van der Waals surface area contributed by atoms with Crippen molar-refractivity contribution in [1.82, 2.24) is 4.90 Å². The van der Waals surface area contributed by atoms with Crippen LogP contribution in [0, 0.1) is 5.82 Å². The second kappa shape index (κ2) is 7.57. The summed E-state index contributed by atoms with van der Waals surface area (Å²) in [7, 11) is 1.57. The van der Waals surface area contributed by atoms with Crippen molar-refractivity contribution in [2.24, 2.45) is 0 Å². The van der Waals surface area contributed by atoms with Crippen LogP contribution in [0.25, 0.3) is 0 Å². The molecule has 0 aliphatic heterocycles. The van der Waals surface area contributed by atoms with Crippen LogP contribution in [0.15, 0.2) is 22.7 Å². The molecule has 1 atom stereocenters. The fourth-order valence-electron chi connectivity index (χ4n) is 1.83. The smallest absolute Gasteiger partial charge is 0.317 e. The number of hydrogen-bond acceptors (Lipinski definition) is 3. The fourth-order valence-corrected chi connectivity index (χ4v) is 2.51. The summed E-state index contributed by atoms with van der Waals surface area (Å²) in [5.41, 5.74) is 0.846. The molecule has 1 aromatic rings. The summed E-state index contributed by atoms with van der Waals surface area (Å²) in [6.45, 7) is 2.73. The molecule has 0 spiro atoms. The van der Waals surface area contributed by atoms with Crippen molar-refractivity contribution in [3.8, 4) is 0 Å². The fraction of sp³-hybridized carbons (Fsp3) is 0.462. The zero-order chi connectivity index (χ0) is 14.4. The van der Waals surface area contributed by atoms with Crippen LogP contribution < -0.4 is 0 Å². The van der Waals surface area contributed by atoms with Crippen LogP contribution in [0.2, 0.25) is 0 Å². The molecule has 1 N–H and O–H groups in total. The van der Waals surface area contributed by atoms with Crippen molar-refractivity contribution in [2.45, 2.75) is 13.0 Å². The lowest BCUT2D eigenvalue weighted by molar-refractivity contribution is -0.139. The molecule has 1 unspecified atom stereocenters. The number of aliphatic carboxylic acids is 1. The van der Waals surface area contributed by atoms with Crippen LogP contribution in [-0.2, 0) is 9.53 Å². The van der Waals surface area contributed by atoms with E-state index in [0.29, 0.717) is 17.6 Å². The van der Waals surface area contributed by atoms with Gasteiger partial charge in [0, 0.05) is 24.2 Å². The molecule has 0 aliphatic carbocycles. The molecule has 19 heavy (non-hydrogen) atoms. The van der Waals surface area contributed by atoms with Gasteiger partial charge in [-0.15, -0.1) is 0 Å². The van der Waals surface area contributed by atoms with Crippen molar-refractivity contribution in [3.05, 3.63) is 34.1 Å².